The number of rotatable bonds is 4. The number of fused-ring (bicyclic) bond motifs is 3. The van der Waals surface area contributed by atoms with Crippen molar-refractivity contribution in [2.45, 2.75) is 76.3 Å². The molecule has 0 radical (unpaired) electrons. The molecule has 0 heterocycles. The Kier molecular flexibility index (Phi) is 9.95. The van der Waals surface area contributed by atoms with Crippen LogP contribution in [0.5, 0.6) is 0 Å². The summed E-state index contributed by atoms with van der Waals surface area (Å²) < 4.78 is 4.04. The van der Waals surface area contributed by atoms with Crippen molar-refractivity contribution >= 4 is 28.1 Å². The van der Waals surface area contributed by atoms with Crippen molar-refractivity contribution in [1.82, 2.24) is 0 Å². The van der Waals surface area contributed by atoms with Crippen LogP contribution in [0.1, 0.15) is 93.3 Å². The predicted octanol–water partition coefficient (Wildman–Crippen LogP) is 10.5. The monoisotopic (exact) mass is 726 g/mol. The van der Waals surface area contributed by atoms with E-state index in [1.54, 1.807) is 17.7 Å². The SMILES string of the molecule is CC(C)/[C](c1ccccc1)=[Hf](\[C]1=CC=CC1)[CH]1c2cc(C(C)(C)C)ccc2-c2ccc(C(C)(C)C)cc21.Cl.Cl. The average Bonchev–Trinajstić information content (AvgIpc) is 3.47. The van der Waals surface area contributed by atoms with E-state index in [0.717, 1.165) is 6.42 Å². The molecule has 2 aliphatic carbocycles. The van der Waals surface area contributed by atoms with Gasteiger partial charge in [-0.1, -0.05) is 0 Å². The summed E-state index contributed by atoms with van der Waals surface area (Å²) in [6.45, 7) is 19.0. The summed E-state index contributed by atoms with van der Waals surface area (Å²) in [5, 5.41) is 0. The number of hydrogen-bond acceptors (Lipinski definition) is 0. The van der Waals surface area contributed by atoms with Gasteiger partial charge in [0, 0.05) is 0 Å². The van der Waals surface area contributed by atoms with E-state index in [9.17, 15) is 0 Å². The van der Waals surface area contributed by atoms with E-state index in [1.165, 1.54) is 27.8 Å². The minimum absolute atomic E-state index is 0. The Labute approximate surface area is 256 Å². The molecule has 206 valence electrons. The van der Waals surface area contributed by atoms with Crippen LogP contribution in [-0.4, -0.2) is 3.26 Å². The summed E-state index contributed by atoms with van der Waals surface area (Å²) in [7, 11) is 0. The standard InChI is InChI=1S/C21H25.C10H12.C5H5.2ClH.Hf/c1-20(2,3)16-7-9-18-14(12-16)11-15-13-17(21(4,5)6)8-10-19(15)18;1-9(2)8-10-6-4-3-5-7-10;1-2-4-5-3-1;;;/h7-13H,1-6H3;3-7,9H,1-2H3;1-3H,4H2;2*1H;. The zero-order valence-corrected chi connectivity index (χ0v) is 30.0. The fourth-order valence-electron chi connectivity index (χ4n) is 6.08. The maximum absolute atomic E-state index is 2.70. The summed E-state index contributed by atoms with van der Waals surface area (Å²) in [5.74, 6) is 0.537. The number of allylic oxidation sites excluding steroid dienone is 4. The van der Waals surface area contributed by atoms with Crippen molar-refractivity contribution in [3.05, 3.63) is 116 Å². The summed E-state index contributed by atoms with van der Waals surface area (Å²) in [6, 6.07) is 26.2. The van der Waals surface area contributed by atoms with Crippen LogP contribution in [0.25, 0.3) is 11.1 Å². The van der Waals surface area contributed by atoms with E-state index in [1.807, 2.05) is 0 Å². The molecule has 0 aliphatic heterocycles. The molecule has 3 heteroatoms. The van der Waals surface area contributed by atoms with Gasteiger partial charge < -0.3 is 0 Å². The second-order valence-electron chi connectivity index (χ2n) is 13.2. The molecule has 5 rings (SSSR count). The van der Waals surface area contributed by atoms with Gasteiger partial charge >= 0.3 is 234 Å². The molecule has 39 heavy (non-hydrogen) atoms. The Bertz CT molecular complexity index is 1360. The molecule has 0 unspecified atom stereocenters. The van der Waals surface area contributed by atoms with Gasteiger partial charge in [0.2, 0.25) is 0 Å². The van der Waals surface area contributed by atoms with E-state index in [4.69, 9.17) is 0 Å². The molecular formula is C36H44Cl2Hf. The quantitative estimate of drug-likeness (QED) is 0.235. The first kappa shape index (κ1) is 32.0. The smallest absolute Gasteiger partial charge is 0.147 e. The molecule has 0 N–H and O–H groups in total. The van der Waals surface area contributed by atoms with Crippen molar-refractivity contribution in [1.29, 1.82) is 0 Å². The zero-order valence-electron chi connectivity index (χ0n) is 24.8. The van der Waals surface area contributed by atoms with Crippen molar-refractivity contribution < 1.29 is 21.0 Å². The molecule has 3 aromatic rings. The van der Waals surface area contributed by atoms with Crippen molar-refractivity contribution in [2.75, 3.05) is 0 Å². The molecule has 0 aromatic heterocycles. The Morgan fingerprint density at radius 2 is 1.26 bits per heavy atom. The summed E-state index contributed by atoms with van der Waals surface area (Å²) in [5.41, 5.74) is 10.8. The van der Waals surface area contributed by atoms with Crippen LogP contribution in [0.2, 0.25) is 0 Å². The third-order valence-electron chi connectivity index (χ3n) is 8.11. The van der Waals surface area contributed by atoms with Gasteiger partial charge in [-0.15, -0.1) is 24.8 Å². The third kappa shape index (κ3) is 6.22. The van der Waals surface area contributed by atoms with Crippen LogP contribution in [0.4, 0.5) is 0 Å². The molecule has 0 amide bonds. The number of hydrogen-bond donors (Lipinski definition) is 0. The first-order valence-electron chi connectivity index (χ1n) is 13.9. The minimum atomic E-state index is -2.70. The number of benzene rings is 3. The van der Waals surface area contributed by atoms with Crippen LogP contribution in [0.3, 0.4) is 0 Å². The van der Waals surface area contributed by atoms with Gasteiger partial charge in [-0.2, -0.15) is 0 Å². The maximum Gasteiger partial charge on any atom is -0.147 e. The second-order valence-corrected chi connectivity index (χ2v) is 22.5. The van der Waals surface area contributed by atoms with Crippen LogP contribution in [0, 0.1) is 5.92 Å². The molecule has 0 bridgehead atoms. The molecule has 0 fully saturated rings. The van der Waals surface area contributed by atoms with Crippen molar-refractivity contribution in [3.63, 3.8) is 0 Å². The van der Waals surface area contributed by atoms with Gasteiger partial charge in [-0.25, -0.2) is 0 Å². The Morgan fingerprint density at radius 1 is 0.744 bits per heavy atom. The molecular weight excluding hydrogens is 682 g/mol. The van der Waals surface area contributed by atoms with E-state index in [2.05, 4.69) is 140 Å². The molecule has 0 atom stereocenters. The van der Waals surface area contributed by atoms with Gasteiger partial charge in [-0.3, -0.25) is 0 Å². The van der Waals surface area contributed by atoms with Gasteiger partial charge in [-0.05, 0) is 0 Å². The van der Waals surface area contributed by atoms with Crippen molar-refractivity contribution in [3.8, 4) is 11.1 Å². The summed E-state index contributed by atoms with van der Waals surface area (Å²) in [6.07, 6.45) is 8.32. The molecule has 0 saturated heterocycles. The fraction of sp³-hybridized carbons (Fsp3) is 0.361. The van der Waals surface area contributed by atoms with E-state index in [0.29, 0.717) is 9.59 Å². The minimum Gasteiger partial charge on any atom is -0.147 e. The first-order chi connectivity index (χ1) is 17.5. The van der Waals surface area contributed by atoms with Crippen LogP contribution in [0.15, 0.2) is 88.3 Å². The van der Waals surface area contributed by atoms with Crippen LogP contribution < -0.4 is 0 Å². The molecule has 0 saturated carbocycles. The molecule has 0 nitrogen and oxygen atoms in total. The largest absolute Gasteiger partial charge is 0.147 e. The Balaban J connectivity index is 0.00000210. The predicted molar refractivity (Wildman–Crippen MR) is 173 cm³/mol. The molecule has 0 spiro atoms. The Hall–Kier alpha value is -1.54. The van der Waals surface area contributed by atoms with Crippen molar-refractivity contribution in [2.24, 2.45) is 5.92 Å². The fourth-order valence-corrected chi connectivity index (χ4v) is 19.9. The van der Waals surface area contributed by atoms with Gasteiger partial charge in [0.1, 0.15) is 0 Å². The third-order valence-corrected chi connectivity index (χ3v) is 21.4. The van der Waals surface area contributed by atoms with Gasteiger partial charge in [0.15, 0.2) is 0 Å². The van der Waals surface area contributed by atoms with E-state index < -0.39 is 21.0 Å². The number of halogens is 2. The zero-order chi connectivity index (χ0) is 26.5. The summed E-state index contributed by atoms with van der Waals surface area (Å²) in [4.78, 5) is 0. The maximum atomic E-state index is 2.59. The van der Waals surface area contributed by atoms with Gasteiger partial charge in [0.05, 0.1) is 0 Å². The van der Waals surface area contributed by atoms with E-state index in [-0.39, 0.29) is 35.6 Å². The molecule has 3 aromatic carbocycles. The van der Waals surface area contributed by atoms with Crippen LogP contribution in [-0.2, 0) is 31.8 Å². The Morgan fingerprint density at radius 3 is 1.67 bits per heavy atom. The summed E-state index contributed by atoms with van der Waals surface area (Å²) >= 11 is -2.70. The van der Waals surface area contributed by atoms with Crippen LogP contribution >= 0.6 is 24.8 Å². The topological polar surface area (TPSA) is 0 Å². The molecule has 2 aliphatic rings. The normalized spacial score (nSPS) is 15.3. The van der Waals surface area contributed by atoms with Gasteiger partial charge in [0.25, 0.3) is 0 Å². The average molecular weight is 726 g/mol. The van der Waals surface area contributed by atoms with E-state index >= 15 is 0 Å². The first-order valence-corrected chi connectivity index (χ1v) is 19.6. The second kappa shape index (κ2) is 12.1.